The molecule has 0 aliphatic rings. The fourth-order valence-electron chi connectivity index (χ4n) is 1.92. The third-order valence-corrected chi connectivity index (χ3v) is 3.01. The summed E-state index contributed by atoms with van der Waals surface area (Å²) in [7, 11) is 1.62. The highest BCUT2D eigenvalue weighted by molar-refractivity contribution is 5.41. The molecule has 0 saturated carbocycles. The van der Waals surface area contributed by atoms with Gasteiger partial charge in [-0.3, -0.25) is 0 Å². The van der Waals surface area contributed by atoms with E-state index >= 15 is 0 Å². The summed E-state index contributed by atoms with van der Waals surface area (Å²) < 4.78 is 5.35. The average molecular weight is 259 g/mol. The molecule has 19 heavy (non-hydrogen) atoms. The number of hydrogen-bond donors (Lipinski definition) is 2. The fraction of sp³-hybridized carbons (Fsp3) is 0.286. The van der Waals surface area contributed by atoms with Gasteiger partial charge in [-0.15, -0.1) is 0 Å². The van der Waals surface area contributed by atoms with Gasteiger partial charge in [0, 0.05) is 18.3 Å². The normalized spacial score (nSPS) is 10.5. The Labute approximate surface area is 112 Å². The van der Waals surface area contributed by atoms with Gasteiger partial charge < -0.3 is 15.6 Å². The van der Waals surface area contributed by atoms with Crippen LogP contribution in [0, 0.1) is 6.92 Å². The summed E-state index contributed by atoms with van der Waals surface area (Å²) in [6.07, 6.45) is 2.40. The predicted octanol–water partition coefficient (Wildman–Crippen LogP) is 1.46. The average Bonchev–Trinajstić information content (AvgIpc) is 2.42. The topological polar surface area (TPSA) is 81.3 Å². The van der Waals surface area contributed by atoms with Crippen LogP contribution < -0.4 is 10.5 Å². The number of rotatable bonds is 4. The SMILES string of the molecule is COc1cc(CO)ccc1Cc1cnc(N)nc1C. The van der Waals surface area contributed by atoms with E-state index < -0.39 is 0 Å². The number of methoxy groups -OCH3 is 1. The lowest BCUT2D eigenvalue weighted by atomic mass is 10.0. The first-order valence-electron chi connectivity index (χ1n) is 5.98. The molecule has 0 fully saturated rings. The molecule has 0 amide bonds. The first-order valence-corrected chi connectivity index (χ1v) is 5.98. The van der Waals surface area contributed by atoms with Gasteiger partial charge in [-0.2, -0.15) is 0 Å². The second-order valence-electron chi connectivity index (χ2n) is 4.32. The van der Waals surface area contributed by atoms with Crippen LogP contribution in [0.15, 0.2) is 24.4 Å². The Kier molecular flexibility index (Phi) is 3.97. The molecule has 1 heterocycles. The van der Waals surface area contributed by atoms with Crippen LogP contribution in [-0.2, 0) is 13.0 Å². The van der Waals surface area contributed by atoms with Crippen molar-refractivity contribution in [2.75, 3.05) is 12.8 Å². The van der Waals surface area contributed by atoms with Crippen molar-refractivity contribution < 1.29 is 9.84 Å². The molecule has 0 radical (unpaired) electrons. The van der Waals surface area contributed by atoms with Crippen LogP contribution >= 0.6 is 0 Å². The van der Waals surface area contributed by atoms with E-state index in [1.807, 2.05) is 25.1 Å². The number of benzene rings is 1. The van der Waals surface area contributed by atoms with Gasteiger partial charge >= 0.3 is 0 Å². The Morgan fingerprint density at radius 2 is 2.11 bits per heavy atom. The number of aliphatic hydroxyl groups is 1. The van der Waals surface area contributed by atoms with Gasteiger partial charge in [-0.1, -0.05) is 12.1 Å². The Hall–Kier alpha value is -2.14. The monoisotopic (exact) mass is 259 g/mol. The molecule has 1 aromatic heterocycles. The number of nitrogens with zero attached hydrogens (tertiary/aromatic N) is 2. The molecular formula is C14H17N3O2. The third kappa shape index (κ3) is 3.00. The molecule has 0 atom stereocenters. The summed E-state index contributed by atoms with van der Waals surface area (Å²) in [5, 5.41) is 9.12. The van der Waals surface area contributed by atoms with Crippen LogP contribution in [0.3, 0.4) is 0 Å². The largest absolute Gasteiger partial charge is 0.496 e. The first-order chi connectivity index (χ1) is 9.13. The van der Waals surface area contributed by atoms with Gasteiger partial charge in [0.15, 0.2) is 0 Å². The van der Waals surface area contributed by atoms with E-state index in [2.05, 4.69) is 9.97 Å². The number of ether oxygens (including phenoxy) is 1. The number of nitrogen functional groups attached to an aromatic ring is 1. The van der Waals surface area contributed by atoms with Gasteiger partial charge in [0.1, 0.15) is 5.75 Å². The number of aromatic nitrogens is 2. The number of nitrogens with two attached hydrogens (primary N) is 1. The molecule has 3 N–H and O–H groups in total. The van der Waals surface area contributed by atoms with Gasteiger partial charge in [0.2, 0.25) is 5.95 Å². The van der Waals surface area contributed by atoms with E-state index in [1.54, 1.807) is 13.3 Å². The molecule has 0 aliphatic carbocycles. The summed E-state index contributed by atoms with van der Waals surface area (Å²) in [6, 6.07) is 5.66. The molecule has 100 valence electrons. The highest BCUT2D eigenvalue weighted by atomic mass is 16.5. The minimum Gasteiger partial charge on any atom is -0.496 e. The van der Waals surface area contributed by atoms with Gasteiger partial charge in [0.25, 0.3) is 0 Å². The van der Waals surface area contributed by atoms with E-state index in [1.165, 1.54) is 0 Å². The van der Waals surface area contributed by atoms with Crippen LogP contribution in [0.2, 0.25) is 0 Å². The smallest absolute Gasteiger partial charge is 0.220 e. The number of aryl methyl sites for hydroxylation is 1. The zero-order valence-corrected chi connectivity index (χ0v) is 11.1. The summed E-state index contributed by atoms with van der Waals surface area (Å²) in [6.45, 7) is 1.91. The first kappa shape index (κ1) is 13.3. The molecular weight excluding hydrogens is 242 g/mol. The number of aliphatic hydroxyl groups excluding tert-OH is 1. The maximum Gasteiger partial charge on any atom is 0.220 e. The van der Waals surface area contributed by atoms with Gasteiger partial charge in [-0.25, -0.2) is 9.97 Å². The van der Waals surface area contributed by atoms with Crippen molar-refractivity contribution in [1.29, 1.82) is 0 Å². The second-order valence-corrected chi connectivity index (χ2v) is 4.32. The Morgan fingerprint density at radius 1 is 1.32 bits per heavy atom. The lowest BCUT2D eigenvalue weighted by Gasteiger charge is -2.11. The maximum atomic E-state index is 9.12. The zero-order chi connectivity index (χ0) is 13.8. The van der Waals surface area contributed by atoms with Crippen LogP contribution in [0.1, 0.15) is 22.4 Å². The minimum absolute atomic E-state index is 0.000644. The third-order valence-electron chi connectivity index (χ3n) is 3.01. The van der Waals surface area contributed by atoms with Crippen LogP contribution in [0.4, 0.5) is 5.95 Å². The highest BCUT2D eigenvalue weighted by Gasteiger charge is 2.08. The zero-order valence-electron chi connectivity index (χ0n) is 11.1. The molecule has 0 bridgehead atoms. The minimum atomic E-state index is 0.000644. The molecule has 2 rings (SSSR count). The molecule has 0 aliphatic heterocycles. The van der Waals surface area contributed by atoms with Crippen molar-refractivity contribution in [3.05, 3.63) is 46.8 Å². The van der Waals surface area contributed by atoms with E-state index in [-0.39, 0.29) is 12.6 Å². The quantitative estimate of drug-likeness (QED) is 0.868. The highest BCUT2D eigenvalue weighted by Crippen LogP contribution is 2.24. The van der Waals surface area contributed by atoms with E-state index in [0.29, 0.717) is 6.42 Å². The van der Waals surface area contributed by atoms with Crippen molar-refractivity contribution in [1.82, 2.24) is 9.97 Å². The second kappa shape index (κ2) is 5.67. The fourth-order valence-corrected chi connectivity index (χ4v) is 1.92. The van der Waals surface area contributed by atoms with Crippen molar-refractivity contribution in [3.63, 3.8) is 0 Å². The van der Waals surface area contributed by atoms with E-state index in [0.717, 1.165) is 28.1 Å². The summed E-state index contributed by atoms with van der Waals surface area (Å²) >= 11 is 0. The van der Waals surface area contributed by atoms with Crippen LogP contribution in [0.25, 0.3) is 0 Å². The van der Waals surface area contributed by atoms with Crippen LogP contribution in [0.5, 0.6) is 5.75 Å². The number of hydrogen-bond acceptors (Lipinski definition) is 5. The van der Waals surface area contributed by atoms with Crippen LogP contribution in [-0.4, -0.2) is 22.2 Å². The van der Waals surface area contributed by atoms with Crippen molar-refractivity contribution in [2.45, 2.75) is 20.0 Å². The molecule has 0 saturated heterocycles. The molecule has 0 unspecified atom stereocenters. The summed E-state index contributed by atoms with van der Waals surface area (Å²) in [4.78, 5) is 8.16. The van der Waals surface area contributed by atoms with Crippen molar-refractivity contribution >= 4 is 5.95 Å². The van der Waals surface area contributed by atoms with Gasteiger partial charge in [0.05, 0.1) is 13.7 Å². The summed E-state index contributed by atoms with van der Waals surface area (Å²) in [5.41, 5.74) is 9.26. The number of anilines is 1. The predicted molar refractivity (Wildman–Crippen MR) is 72.9 cm³/mol. The summed E-state index contributed by atoms with van der Waals surface area (Å²) in [5.74, 6) is 1.03. The molecule has 1 aromatic carbocycles. The van der Waals surface area contributed by atoms with Gasteiger partial charge in [-0.05, 0) is 29.7 Å². The van der Waals surface area contributed by atoms with Crippen molar-refractivity contribution in [2.24, 2.45) is 0 Å². The standard InChI is InChI=1S/C14H17N3O2/c1-9-12(7-16-14(15)17-9)6-11-4-3-10(8-18)5-13(11)19-2/h3-5,7,18H,6,8H2,1-2H3,(H2,15,16,17). The molecule has 0 spiro atoms. The van der Waals surface area contributed by atoms with E-state index in [9.17, 15) is 0 Å². The lowest BCUT2D eigenvalue weighted by molar-refractivity contribution is 0.281. The molecule has 5 nitrogen and oxygen atoms in total. The Bertz CT molecular complexity index is 585. The molecule has 5 heteroatoms. The lowest BCUT2D eigenvalue weighted by Crippen LogP contribution is -2.02. The van der Waals surface area contributed by atoms with Crippen molar-refractivity contribution in [3.8, 4) is 5.75 Å². The Morgan fingerprint density at radius 3 is 2.74 bits per heavy atom. The molecule has 2 aromatic rings. The Balaban J connectivity index is 2.32. The maximum absolute atomic E-state index is 9.12. The van der Waals surface area contributed by atoms with E-state index in [4.69, 9.17) is 15.6 Å².